The molecule has 2 atom stereocenters. The monoisotopic (exact) mass is 448 g/mol. The van der Waals surface area contributed by atoms with Crippen molar-refractivity contribution >= 4 is 27.0 Å². The summed E-state index contributed by atoms with van der Waals surface area (Å²) in [5.74, 6) is -0.250. The molecular formula is C21H28N4O5S. The Morgan fingerprint density at radius 1 is 1.00 bits per heavy atom. The number of hydrogen-bond donors (Lipinski definition) is 0. The average molecular weight is 449 g/mol. The highest BCUT2D eigenvalue weighted by Gasteiger charge is 2.37. The first-order chi connectivity index (χ1) is 14.7. The fourth-order valence-corrected chi connectivity index (χ4v) is 6.11. The van der Waals surface area contributed by atoms with Crippen LogP contribution in [0, 0.1) is 0 Å². The lowest BCUT2D eigenvalue weighted by Crippen LogP contribution is -2.57. The van der Waals surface area contributed by atoms with E-state index >= 15 is 0 Å². The summed E-state index contributed by atoms with van der Waals surface area (Å²) in [5.41, 5.74) is 0.791. The SMILES string of the molecule is CC1CN(S(=O)(=O)N2CCN(C(=O)c3cc(=O)n(C)c4ccccc34)CC2)CC(C)O1. The summed E-state index contributed by atoms with van der Waals surface area (Å²) in [7, 11) is -1.94. The van der Waals surface area contributed by atoms with Gasteiger partial charge in [0.2, 0.25) is 0 Å². The topological polar surface area (TPSA) is 92.2 Å². The Morgan fingerprint density at radius 2 is 1.61 bits per heavy atom. The molecule has 2 aliphatic heterocycles. The number of benzene rings is 1. The van der Waals surface area contributed by atoms with Gasteiger partial charge in [-0.2, -0.15) is 17.0 Å². The molecule has 0 saturated carbocycles. The third-order valence-corrected chi connectivity index (χ3v) is 7.92. The summed E-state index contributed by atoms with van der Waals surface area (Å²) in [6.45, 7) is 5.37. The molecule has 0 radical (unpaired) electrons. The zero-order chi connectivity index (χ0) is 22.3. The number of amides is 1. The average Bonchev–Trinajstić information content (AvgIpc) is 2.75. The number of pyridine rings is 1. The third kappa shape index (κ3) is 4.12. The van der Waals surface area contributed by atoms with Crippen molar-refractivity contribution in [2.75, 3.05) is 39.3 Å². The van der Waals surface area contributed by atoms with Gasteiger partial charge >= 0.3 is 0 Å². The molecule has 10 heteroatoms. The predicted octanol–water partition coefficient (Wildman–Crippen LogP) is 0.650. The first-order valence-electron chi connectivity index (χ1n) is 10.5. The normalized spacial score (nSPS) is 23.9. The molecule has 168 valence electrons. The Morgan fingerprint density at radius 3 is 2.26 bits per heavy atom. The smallest absolute Gasteiger partial charge is 0.282 e. The molecule has 0 spiro atoms. The van der Waals surface area contributed by atoms with E-state index in [1.54, 1.807) is 11.9 Å². The van der Waals surface area contributed by atoms with Crippen LogP contribution in [0.3, 0.4) is 0 Å². The third-order valence-electron chi connectivity index (χ3n) is 5.95. The zero-order valence-electron chi connectivity index (χ0n) is 18.0. The second-order valence-corrected chi connectivity index (χ2v) is 10.2. The van der Waals surface area contributed by atoms with Crippen LogP contribution < -0.4 is 5.56 Å². The van der Waals surface area contributed by atoms with Crippen LogP contribution in [-0.2, 0) is 22.0 Å². The standard InChI is InChI=1S/C21H28N4O5S/c1-15-13-25(14-16(2)30-15)31(28,29)24-10-8-23(9-11-24)21(27)18-12-20(26)22(3)19-7-5-4-6-17(18)19/h4-7,12,15-16H,8-11,13-14H2,1-3H3. The Kier molecular flexibility index (Phi) is 5.91. The van der Waals surface area contributed by atoms with Crippen LogP contribution in [0.5, 0.6) is 0 Å². The zero-order valence-corrected chi connectivity index (χ0v) is 18.8. The minimum absolute atomic E-state index is 0.157. The fourth-order valence-electron chi connectivity index (χ4n) is 4.36. The quantitative estimate of drug-likeness (QED) is 0.688. The van der Waals surface area contributed by atoms with Gasteiger partial charge in [0.15, 0.2) is 0 Å². The molecule has 2 aliphatic rings. The van der Waals surface area contributed by atoms with Crippen LogP contribution in [-0.4, -0.2) is 83.9 Å². The number of fused-ring (bicyclic) bond motifs is 1. The van der Waals surface area contributed by atoms with Gasteiger partial charge < -0.3 is 14.2 Å². The molecular weight excluding hydrogens is 420 g/mol. The molecule has 2 fully saturated rings. The number of para-hydroxylation sites is 1. The maximum Gasteiger partial charge on any atom is 0.282 e. The number of rotatable bonds is 3. The number of aryl methyl sites for hydroxylation is 1. The molecule has 1 aromatic carbocycles. The van der Waals surface area contributed by atoms with Gasteiger partial charge in [0.1, 0.15) is 0 Å². The van der Waals surface area contributed by atoms with Crippen molar-refractivity contribution in [1.82, 2.24) is 18.1 Å². The van der Waals surface area contributed by atoms with Crippen molar-refractivity contribution in [2.45, 2.75) is 26.1 Å². The number of ether oxygens (including phenoxy) is 1. The van der Waals surface area contributed by atoms with Gasteiger partial charge in [-0.15, -0.1) is 0 Å². The number of carbonyl (C=O) groups excluding carboxylic acids is 1. The van der Waals surface area contributed by atoms with Crippen LogP contribution in [0.2, 0.25) is 0 Å². The summed E-state index contributed by atoms with van der Waals surface area (Å²) in [5, 5.41) is 0.709. The van der Waals surface area contributed by atoms with Gasteiger partial charge in [-0.1, -0.05) is 18.2 Å². The molecule has 2 unspecified atom stereocenters. The molecule has 9 nitrogen and oxygen atoms in total. The molecule has 0 bridgehead atoms. The van der Waals surface area contributed by atoms with Gasteiger partial charge in [-0.3, -0.25) is 9.59 Å². The van der Waals surface area contributed by atoms with Gasteiger partial charge in [0, 0.05) is 57.8 Å². The van der Waals surface area contributed by atoms with Crippen LogP contribution in [0.1, 0.15) is 24.2 Å². The first kappa shape index (κ1) is 21.9. The number of nitrogens with zero attached hydrogens (tertiary/aromatic N) is 4. The highest BCUT2D eigenvalue weighted by atomic mass is 32.2. The van der Waals surface area contributed by atoms with Crippen LogP contribution in [0.15, 0.2) is 35.1 Å². The van der Waals surface area contributed by atoms with E-state index < -0.39 is 10.2 Å². The number of morpholine rings is 1. The van der Waals surface area contributed by atoms with Gasteiger partial charge in [-0.25, -0.2) is 0 Å². The van der Waals surface area contributed by atoms with Crippen molar-refractivity contribution in [3.63, 3.8) is 0 Å². The van der Waals surface area contributed by atoms with Crippen LogP contribution in [0.4, 0.5) is 0 Å². The van der Waals surface area contributed by atoms with E-state index in [1.165, 1.54) is 19.2 Å². The molecule has 2 saturated heterocycles. The van der Waals surface area contributed by atoms with E-state index in [-0.39, 0.29) is 49.9 Å². The van der Waals surface area contributed by atoms with Gasteiger partial charge in [-0.05, 0) is 19.9 Å². The van der Waals surface area contributed by atoms with Crippen molar-refractivity contribution in [3.05, 3.63) is 46.2 Å². The maximum absolute atomic E-state index is 13.2. The lowest BCUT2D eigenvalue weighted by molar-refractivity contribution is -0.0457. The number of hydrogen-bond acceptors (Lipinski definition) is 5. The highest BCUT2D eigenvalue weighted by Crippen LogP contribution is 2.21. The summed E-state index contributed by atoms with van der Waals surface area (Å²) >= 11 is 0. The van der Waals surface area contributed by atoms with E-state index in [9.17, 15) is 18.0 Å². The maximum atomic E-state index is 13.2. The van der Waals surface area contributed by atoms with E-state index in [1.807, 2.05) is 38.1 Å². The largest absolute Gasteiger partial charge is 0.373 e. The molecule has 0 N–H and O–H groups in total. The van der Waals surface area contributed by atoms with E-state index in [0.29, 0.717) is 29.6 Å². The number of aromatic nitrogens is 1. The fraction of sp³-hybridized carbons (Fsp3) is 0.524. The van der Waals surface area contributed by atoms with Crippen LogP contribution >= 0.6 is 0 Å². The molecule has 1 aromatic heterocycles. The number of carbonyl (C=O) groups is 1. The molecule has 0 aliphatic carbocycles. The molecule has 2 aromatic rings. The van der Waals surface area contributed by atoms with E-state index in [2.05, 4.69) is 0 Å². The van der Waals surface area contributed by atoms with E-state index in [4.69, 9.17) is 4.74 Å². The number of piperazine rings is 1. The lowest BCUT2D eigenvalue weighted by Gasteiger charge is -2.40. The van der Waals surface area contributed by atoms with Gasteiger partial charge in [0.05, 0.1) is 23.3 Å². The Bertz CT molecular complexity index is 1140. The molecule has 1 amide bonds. The van der Waals surface area contributed by atoms with Crippen molar-refractivity contribution in [2.24, 2.45) is 7.05 Å². The lowest BCUT2D eigenvalue weighted by atomic mass is 10.1. The van der Waals surface area contributed by atoms with Gasteiger partial charge in [0.25, 0.3) is 21.7 Å². The van der Waals surface area contributed by atoms with E-state index in [0.717, 1.165) is 0 Å². The summed E-state index contributed by atoms with van der Waals surface area (Å²) in [4.78, 5) is 27.2. The minimum Gasteiger partial charge on any atom is -0.373 e. The highest BCUT2D eigenvalue weighted by molar-refractivity contribution is 7.86. The summed E-state index contributed by atoms with van der Waals surface area (Å²) in [6.07, 6.45) is -0.314. The van der Waals surface area contributed by atoms with Crippen molar-refractivity contribution < 1.29 is 17.9 Å². The minimum atomic E-state index is -3.62. The molecule has 3 heterocycles. The van der Waals surface area contributed by atoms with Crippen LogP contribution in [0.25, 0.3) is 10.9 Å². The molecule has 31 heavy (non-hydrogen) atoms. The summed E-state index contributed by atoms with van der Waals surface area (Å²) in [6, 6.07) is 8.65. The Hall–Kier alpha value is -2.27. The predicted molar refractivity (Wildman–Crippen MR) is 117 cm³/mol. The molecule has 4 rings (SSSR count). The Labute approximate surface area is 182 Å². The van der Waals surface area contributed by atoms with Crippen molar-refractivity contribution in [3.8, 4) is 0 Å². The second-order valence-electron chi connectivity index (χ2n) is 8.25. The Balaban J connectivity index is 1.51. The first-order valence-corrected chi connectivity index (χ1v) is 11.9. The second kappa shape index (κ2) is 8.34. The summed E-state index contributed by atoms with van der Waals surface area (Å²) < 4.78 is 36.2. The van der Waals surface area contributed by atoms with Crippen molar-refractivity contribution in [1.29, 1.82) is 0 Å².